The van der Waals surface area contributed by atoms with Gasteiger partial charge in [-0.25, -0.2) is 4.79 Å². The van der Waals surface area contributed by atoms with Gasteiger partial charge in [-0.2, -0.15) is 13.2 Å². The van der Waals surface area contributed by atoms with Crippen LogP contribution in [0.15, 0.2) is 18.2 Å². The van der Waals surface area contributed by atoms with Crippen molar-refractivity contribution in [3.8, 4) is 5.75 Å². The summed E-state index contributed by atoms with van der Waals surface area (Å²) in [5, 5.41) is 19.0. The monoisotopic (exact) mass is 277 g/mol. The van der Waals surface area contributed by atoms with Crippen LogP contribution in [-0.4, -0.2) is 22.6 Å². The van der Waals surface area contributed by atoms with E-state index in [1.165, 1.54) is 0 Å². The topological polar surface area (TPSA) is 89.7 Å². The number of carboxylic acid groups (broad SMARTS) is 1. The Kier molecular flexibility index (Phi) is 4.46. The number of ether oxygens (including phenoxy) is 1. The van der Waals surface area contributed by atoms with Gasteiger partial charge < -0.3 is 9.84 Å². The van der Waals surface area contributed by atoms with Gasteiger partial charge >= 0.3 is 18.3 Å². The van der Waals surface area contributed by atoms with Crippen molar-refractivity contribution in [1.29, 1.82) is 0 Å². The molecule has 0 spiro atoms. The maximum Gasteiger partial charge on any atom is 0.387 e. The van der Waals surface area contributed by atoms with E-state index < -0.39 is 34.8 Å². The van der Waals surface area contributed by atoms with E-state index in [1.807, 2.05) is 0 Å². The molecule has 1 aromatic carbocycles. The maximum atomic E-state index is 13.6. The molecule has 0 aliphatic rings. The summed E-state index contributed by atoms with van der Waals surface area (Å²) in [6.07, 6.45) is 1.32. The second-order valence-electron chi connectivity index (χ2n) is 3.12. The summed E-state index contributed by atoms with van der Waals surface area (Å²) < 4.78 is 41.2. The summed E-state index contributed by atoms with van der Waals surface area (Å²) in [6, 6.07) is 1.65. The zero-order valence-electron chi connectivity index (χ0n) is 9.05. The van der Waals surface area contributed by atoms with E-state index in [9.17, 15) is 28.1 Å². The highest BCUT2D eigenvalue weighted by atomic mass is 19.3. The average Bonchev–Trinajstić information content (AvgIpc) is 2.28. The van der Waals surface area contributed by atoms with Crippen molar-refractivity contribution in [3.05, 3.63) is 39.7 Å². The molecule has 0 unspecified atom stereocenters. The molecule has 0 radical (unpaired) electrons. The van der Waals surface area contributed by atoms with Crippen LogP contribution in [-0.2, 0) is 4.79 Å². The van der Waals surface area contributed by atoms with Gasteiger partial charge in [0.15, 0.2) is 5.75 Å². The molecule has 6 nitrogen and oxygen atoms in total. The first-order chi connectivity index (χ1) is 8.82. The molecule has 1 aromatic rings. The van der Waals surface area contributed by atoms with Crippen LogP contribution in [0.5, 0.6) is 5.75 Å². The lowest BCUT2D eigenvalue weighted by Crippen LogP contribution is -2.06. The minimum atomic E-state index is -3.34. The van der Waals surface area contributed by atoms with Crippen LogP contribution in [0, 0.1) is 15.9 Å². The van der Waals surface area contributed by atoms with Gasteiger partial charge in [0.2, 0.25) is 5.82 Å². The van der Waals surface area contributed by atoms with Crippen LogP contribution >= 0.6 is 0 Å². The van der Waals surface area contributed by atoms with Crippen molar-refractivity contribution < 1.29 is 32.7 Å². The molecule has 9 heteroatoms. The SMILES string of the molecule is O=C(O)/C=C/c1ccc(OC(F)F)c(F)c1[N+](=O)[O-]. The summed E-state index contributed by atoms with van der Waals surface area (Å²) in [7, 11) is 0. The normalized spacial score (nSPS) is 10.9. The van der Waals surface area contributed by atoms with Crippen LogP contribution < -0.4 is 4.74 Å². The smallest absolute Gasteiger partial charge is 0.387 e. The summed E-state index contributed by atoms with van der Waals surface area (Å²) in [6.45, 7) is -3.34. The minimum Gasteiger partial charge on any atom is -0.478 e. The second kappa shape index (κ2) is 5.85. The third-order valence-corrected chi connectivity index (χ3v) is 1.92. The van der Waals surface area contributed by atoms with E-state index in [2.05, 4.69) is 4.74 Å². The molecule has 0 atom stereocenters. The number of alkyl halides is 2. The molecule has 0 fully saturated rings. The van der Waals surface area contributed by atoms with E-state index in [0.717, 1.165) is 18.2 Å². The summed E-state index contributed by atoms with van der Waals surface area (Å²) in [5.41, 5.74) is -1.53. The molecule has 0 bridgehead atoms. The summed E-state index contributed by atoms with van der Waals surface area (Å²) in [4.78, 5) is 19.8. The molecule has 102 valence electrons. The quantitative estimate of drug-likeness (QED) is 0.507. The molecule has 1 rings (SSSR count). The molecule has 1 N–H and O–H groups in total. The van der Waals surface area contributed by atoms with Crippen molar-refractivity contribution in [2.45, 2.75) is 6.61 Å². The first kappa shape index (κ1) is 14.5. The molecule has 0 aliphatic heterocycles. The highest BCUT2D eigenvalue weighted by Gasteiger charge is 2.24. The van der Waals surface area contributed by atoms with Crippen LogP contribution in [0.3, 0.4) is 0 Å². The molecule has 0 aliphatic carbocycles. The van der Waals surface area contributed by atoms with E-state index in [0.29, 0.717) is 6.08 Å². The van der Waals surface area contributed by atoms with E-state index in [-0.39, 0.29) is 5.56 Å². The van der Waals surface area contributed by atoms with E-state index in [4.69, 9.17) is 5.11 Å². The standard InChI is InChI=1S/C10H6F3NO5/c11-8-6(19-10(12)13)3-1-5(2-4-7(15)16)9(8)14(17)18/h1-4,10H,(H,15,16)/b4-2+. The fraction of sp³-hybridized carbons (Fsp3) is 0.100. The first-order valence-corrected chi connectivity index (χ1v) is 4.65. The Bertz CT molecular complexity index is 544. The molecule has 0 aromatic heterocycles. The largest absolute Gasteiger partial charge is 0.478 e. The van der Waals surface area contributed by atoms with Gasteiger partial charge in [-0.1, -0.05) is 0 Å². The van der Waals surface area contributed by atoms with Gasteiger partial charge in [-0.3, -0.25) is 10.1 Å². The van der Waals surface area contributed by atoms with Gasteiger partial charge in [-0.15, -0.1) is 0 Å². The third-order valence-electron chi connectivity index (χ3n) is 1.92. The second-order valence-corrected chi connectivity index (χ2v) is 3.12. The Morgan fingerprint density at radius 1 is 1.47 bits per heavy atom. The number of hydrogen-bond donors (Lipinski definition) is 1. The van der Waals surface area contributed by atoms with Crippen LogP contribution in [0.2, 0.25) is 0 Å². The first-order valence-electron chi connectivity index (χ1n) is 4.65. The average molecular weight is 277 g/mol. The lowest BCUT2D eigenvalue weighted by molar-refractivity contribution is -0.387. The lowest BCUT2D eigenvalue weighted by atomic mass is 10.1. The van der Waals surface area contributed by atoms with E-state index >= 15 is 0 Å². The Labute approximate surface area is 103 Å². The van der Waals surface area contributed by atoms with Crippen LogP contribution in [0.25, 0.3) is 6.08 Å². The zero-order valence-corrected chi connectivity index (χ0v) is 9.05. The number of carboxylic acids is 1. The summed E-state index contributed by atoms with van der Waals surface area (Å²) in [5.74, 6) is -3.99. The molecule has 0 saturated carbocycles. The number of halogens is 3. The molecule has 0 amide bonds. The molecule has 19 heavy (non-hydrogen) atoms. The van der Waals surface area contributed by atoms with E-state index in [1.54, 1.807) is 0 Å². The van der Waals surface area contributed by atoms with Gasteiger partial charge in [0.05, 0.1) is 10.5 Å². The molecule has 0 heterocycles. The minimum absolute atomic E-state index is 0.383. The van der Waals surface area contributed by atoms with Crippen LogP contribution in [0.4, 0.5) is 18.9 Å². The van der Waals surface area contributed by atoms with Crippen molar-refractivity contribution in [2.75, 3.05) is 0 Å². The van der Waals surface area contributed by atoms with Gasteiger partial charge in [0.1, 0.15) is 0 Å². The maximum absolute atomic E-state index is 13.6. The number of rotatable bonds is 5. The molecular formula is C10H6F3NO5. The van der Waals surface area contributed by atoms with Gasteiger partial charge in [0, 0.05) is 6.08 Å². The number of carbonyl (C=O) groups is 1. The van der Waals surface area contributed by atoms with Crippen molar-refractivity contribution in [3.63, 3.8) is 0 Å². The lowest BCUT2D eigenvalue weighted by Gasteiger charge is -2.07. The summed E-state index contributed by atoms with van der Waals surface area (Å²) >= 11 is 0. The Morgan fingerprint density at radius 3 is 2.58 bits per heavy atom. The number of benzene rings is 1. The number of nitrogens with zero attached hydrogens (tertiary/aromatic N) is 1. The Morgan fingerprint density at radius 2 is 2.11 bits per heavy atom. The van der Waals surface area contributed by atoms with Gasteiger partial charge in [0.25, 0.3) is 0 Å². The fourth-order valence-corrected chi connectivity index (χ4v) is 1.23. The number of nitro groups is 1. The van der Waals surface area contributed by atoms with Gasteiger partial charge in [-0.05, 0) is 18.2 Å². The number of hydrogen-bond acceptors (Lipinski definition) is 4. The Balaban J connectivity index is 3.31. The van der Waals surface area contributed by atoms with Crippen molar-refractivity contribution in [2.24, 2.45) is 0 Å². The van der Waals surface area contributed by atoms with Crippen molar-refractivity contribution >= 4 is 17.7 Å². The fourth-order valence-electron chi connectivity index (χ4n) is 1.23. The van der Waals surface area contributed by atoms with Crippen molar-refractivity contribution in [1.82, 2.24) is 0 Å². The zero-order chi connectivity index (χ0) is 14.6. The predicted octanol–water partition coefficient (Wildman–Crippen LogP) is 2.43. The highest BCUT2D eigenvalue weighted by molar-refractivity contribution is 5.86. The molecule has 0 saturated heterocycles. The molecular weight excluding hydrogens is 271 g/mol. The third kappa shape index (κ3) is 3.69. The highest BCUT2D eigenvalue weighted by Crippen LogP contribution is 2.31. The number of aliphatic carboxylic acids is 1. The van der Waals surface area contributed by atoms with Crippen LogP contribution in [0.1, 0.15) is 5.56 Å². The number of nitro benzene ring substituents is 1. The predicted molar refractivity (Wildman–Crippen MR) is 56.4 cm³/mol. The Hall–Kier alpha value is -2.58.